The van der Waals surface area contributed by atoms with Gasteiger partial charge < -0.3 is 5.32 Å². The van der Waals surface area contributed by atoms with Crippen LogP contribution >= 0.6 is 0 Å². The van der Waals surface area contributed by atoms with Crippen LogP contribution in [0.2, 0.25) is 0 Å². The van der Waals surface area contributed by atoms with Gasteiger partial charge in [-0.3, -0.25) is 4.72 Å². The quantitative estimate of drug-likeness (QED) is 0.912. The summed E-state index contributed by atoms with van der Waals surface area (Å²) >= 11 is 0. The van der Waals surface area contributed by atoms with Gasteiger partial charge in [0.2, 0.25) is 0 Å². The molecule has 2 aromatic carbocycles. The van der Waals surface area contributed by atoms with E-state index in [0.717, 1.165) is 17.8 Å². The third-order valence-corrected chi connectivity index (χ3v) is 3.93. The van der Waals surface area contributed by atoms with Gasteiger partial charge in [0.1, 0.15) is 11.6 Å². The summed E-state index contributed by atoms with van der Waals surface area (Å²) in [5.41, 5.74) is 1.11. The van der Waals surface area contributed by atoms with Crippen molar-refractivity contribution >= 4 is 21.4 Å². The summed E-state index contributed by atoms with van der Waals surface area (Å²) in [6, 6.07) is 8.55. The Hall–Kier alpha value is -2.15. The molecule has 106 valence electrons. The van der Waals surface area contributed by atoms with E-state index in [-0.39, 0.29) is 0 Å². The minimum absolute atomic E-state index is 0.300. The van der Waals surface area contributed by atoms with Crippen molar-refractivity contribution in [2.24, 2.45) is 0 Å². The second-order valence-electron chi connectivity index (χ2n) is 4.04. The highest BCUT2D eigenvalue weighted by Gasteiger charge is 2.16. The predicted molar refractivity (Wildman–Crippen MR) is 73.2 cm³/mol. The van der Waals surface area contributed by atoms with Crippen molar-refractivity contribution in [3.05, 3.63) is 54.1 Å². The average Bonchev–Trinajstić information content (AvgIpc) is 2.38. The first-order valence-electron chi connectivity index (χ1n) is 5.67. The molecule has 0 amide bonds. The summed E-state index contributed by atoms with van der Waals surface area (Å²) in [4.78, 5) is -0.465. The van der Waals surface area contributed by atoms with E-state index in [9.17, 15) is 17.2 Å². The zero-order valence-corrected chi connectivity index (χ0v) is 11.3. The Labute approximate surface area is 115 Å². The van der Waals surface area contributed by atoms with Crippen LogP contribution < -0.4 is 10.0 Å². The highest BCUT2D eigenvalue weighted by molar-refractivity contribution is 7.92. The van der Waals surface area contributed by atoms with E-state index in [0.29, 0.717) is 11.8 Å². The van der Waals surface area contributed by atoms with Gasteiger partial charge in [-0.2, -0.15) is 0 Å². The minimum Gasteiger partial charge on any atom is -0.388 e. The molecule has 0 unspecified atom stereocenters. The first-order valence-corrected chi connectivity index (χ1v) is 7.16. The van der Waals surface area contributed by atoms with E-state index in [1.54, 1.807) is 31.3 Å². The molecule has 7 heteroatoms. The first kappa shape index (κ1) is 14.3. The van der Waals surface area contributed by atoms with E-state index in [4.69, 9.17) is 0 Å². The number of rotatable bonds is 4. The molecular weight excluding hydrogens is 286 g/mol. The molecular formula is C13H12F2N2O2S. The van der Waals surface area contributed by atoms with E-state index in [1.807, 2.05) is 0 Å². The summed E-state index contributed by atoms with van der Waals surface area (Å²) in [6.07, 6.45) is 0. The Bertz CT molecular complexity index is 695. The Morgan fingerprint density at radius 1 is 0.900 bits per heavy atom. The summed E-state index contributed by atoms with van der Waals surface area (Å²) in [5.74, 6) is -1.90. The van der Waals surface area contributed by atoms with Gasteiger partial charge >= 0.3 is 0 Å². The Morgan fingerprint density at radius 2 is 1.40 bits per heavy atom. The molecule has 0 aliphatic carbocycles. The van der Waals surface area contributed by atoms with Crippen molar-refractivity contribution in [1.29, 1.82) is 0 Å². The zero-order chi connectivity index (χ0) is 14.8. The molecule has 20 heavy (non-hydrogen) atoms. The van der Waals surface area contributed by atoms with Crippen molar-refractivity contribution in [3.8, 4) is 0 Å². The molecule has 0 aliphatic heterocycles. The summed E-state index contributed by atoms with van der Waals surface area (Å²) < 4.78 is 52.4. The van der Waals surface area contributed by atoms with Gasteiger partial charge in [-0.1, -0.05) is 0 Å². The Kier molecular flexibility index (Phi) is 3.89. The maximum atomic E-state index is 13.1. The number of hydrogen-bond donors (Lipinski definition) is 2. The predicted octanol–water partition coefficient (Wildman–Crippen LogP) is 2.81. The van der Waals surface area contributed by atoms with Crippen molar-refractivity contribution in [2.75, 3.05) is 17.1 Å². The van der Waals surface area contributed by atoms with Crippen LogP contribution in [0.15, 0.2) is 47.4 Å². The van der Waals surface area contributed by atoms with Gasteiger partial charge in [0.05, 0.1) is 4.90 Å². The molecule has 0 bridgehead atoms. The number of sulfonamides is 1. The Morgan fingerprint density at radius 3 is 1.90 bits per heavy atom. The third-order valence-electron chi connectivity index (χ3n) is 2.57. The van der Waals surface area contributed by atoms with Crippen molar-refractivity contribution in [2.45, 2.75) is 4.90 Å². The summed E-state index contributed by atoms with van der Waals surface area (Å²) in [7, 11) is -2.30. The molecule has 0 aromatic heterocycles. The van der Waals surface area contributed by atoms with Crippen LogP contribution in [-0.4, -0.2) is 15.5 Å². The van der Waals surface area contributed by atoms with E-state index >= 15 is 0 Å². The van der Waals surface area contributed by atoms with Crippen LogP contribution in [-0.2, 0) is 10.0 Å². The number of nitrogens with one attached hydrogen (secondary N) is 2. The lowest BCUT2D eigenvalue weighted by Gasteiger charge is -2.09. The Balaban J connectivity index is 2.30. The fourth-order valence-electron chi connectivity index (χ4n) is 1.60. The molecule has 0 atom stereocenters. The van der Waals surface area contributed by atoms with Gasteiger partial charge in [0.25, 0.3) is 10.0 Å². The number of hydrogen-bond acceptors (Lipinski definition) is 3. The fraction of sp³-hybridized carbons (Fsp3) is 0.0769. The minimum atomic E-state index is -4.03. The highest BCUT2D eigenvalue weighted by Crippen LogP contribution is 2.19. The molecule has 0 radical (unpaired) electrons. The van der Waals surface area contributed by atoms with Crippen LogP contribution in [0.4, 0.5) is 20.2 Å². The van der Waals surface area contributed by atoms with Gasteiger partial charge in [0.15, 0.2) is 0 Å². The van der Waals surface area contributed by atoms with E-state index in [2.05, 4.69) is 10.0 Å². The largest absolute Gasteiger partial charge is 0.388 e. The van der Waals surface area contributed by atoms with E-state index in [1.165, 1.54) is 0 Å². The first-order chi connectivity index (χ1) is 9.40. The molecule has 2 N–H and O–H groups in total. The van der Waals surface area contributed by atoms with Crippen LogP contribution in [0.3, 0.4) is 0 Å². The molecule has 2 aromatic rings. The van der Waals surface area contributed by atoms with Crippen molar-refractivity contribution in [3.63, 3.8) is 0 Å². The molecule has 0 saturated carbocycles. The summed E-state index contributed by atoms with van der Waals surface area (Å²) in [5, 5.41) is 2.89. The summed E-state index contributed by atoms with van der Waals surface area (Å²) in [6.45, 7) is 0. The number of halogens is 2. The fourth-order valence-corrected chi connectivity index (χ4v) is 2.70. The molecule has 0 aliphatic rings. The second-order valence-corrected chi connectivity index (χ2v) is 5.72. The molecule has 0 saturated heterocycles. The molecule has 0 spiro atoms. The van der Waals surface area contributed by atoms with Crippen LogP contribution in [0.5, 0.6) is 0 Å². The number of anilines is 2. The lowest BCUT2D eigenvalue weighted by Crippen LogP contribution is -2.13. The van der Waals surface area contributed by atoms with Gasteiger partial charge in [-0.05, 0) is 36.4 Å². The molecule has 2 rings (SSSR count). The van der Waals surface area contributed by atoms with Gasteiger partial charge in [-0.25, -0.2) is 17.2 Å². The third kappa shape index (κ3) is 3.24. The van der Waals surface area contributed by atoms with Crippen LogP contribution in [0.25, 0.3) is 0 Å². The smallest absolute Gasteiger partial charge is 0.262 e. The van der Waals surface area contributed by atoms with Gasteiger partial charge in [-0.15, -0.1) is 0 Å². The lowest BCUT2D eigenvalue weighted by atomic mass is 10.3. The SMILES string of the molecule is CNc1ccc(NS(=O)(=O)c2cc(F)cc(F)c2)cc1. The van der Waals surface area contributed by atoms with Gasteiger partial charge in [0, 0.05) is 24.5 Å². The van der Waals surface area contributed by atoms with Crippen molar-refractivity contribution in [1.82, 2.24) is 0 Å². The topological polar surface area (TPSA) is 58.2 Å². The standard InChI is InChI=1S/C13H12F2N2O2S/c1-16-11-2-4-12(5-3-11)17-20(18,19)13-7-9(14)6-10(15)8-13/h2-8,16-17H,1H3. The maximum absolute atomic E-state index is 13.1. The molecule has 0 heterocycles. The lowest BCUT2D eigenvalue weighted by molar-refractivity contribution is 0.568. The zero-order valence-electron chi connectivity index (χ0n) is 10.5. The monoisotopic (exact) mass is 298 g/mol. The molecule has 4 nitrogen and oxygen atoms in total. The van der Waals surface area contributed by atoms with E-state index < -0.39 is 26.6 Å². The average molecular weight is 298 g/mol. The van der Waals surface area contributed by atoms with Crippen LogP contribution in [0, 0.1) is 11.6 Å². The molecule has 0 fully saturated rings. The maximum Gasteiger partial charge on any atom is 0.262 e. The second kappa shape index (κ2) is 5.46. The van der Waals surface area contributed by atoms with Crippen LogP contribution in [0.1, 0.15) is 0 Å². The number of benzene rings is 2. The highest BCUT2D eigenvalue weighted by atomic mass is 32.2. The van der Waals surface area contributed by atoms with Crippen molar-refractivity contribution < 1.29 is 17.2 Å². The normalized spacial score (nSPS) is 11.2.